The van der Waals surface area contributed by atoms with Crippen molar-refractivity contribution in [1.82, 2.24) is 0 Å². The second-order valence-electron chi connectivity index (χ2n) is 5.53. The second kappa shape index (κ2) is 4.29. The number of fused-ring (bicyclic) bond motifs is 2. The molecule has 0 spiro atoms. The highest BCUT2D eigenvalue weighted by atomic mass is 79.9. The first-order chi connectivity index (χ1) is 8.22. The Balaban J connectivity index is 1.80. The van der Waals surface area contributed by atoms with E-state index >= 15 is 0 Å². The lowest BCUT2D eigenvalue weighted by Crippen LogP contribution is -2.46. The molecular weight excluding hydrogens is 278 g/mol. The molecule has 3 unspecified atom stereocenters. The zero-order valence-electron chi connectivity index (χ0n) is 9.82. The van der Waals surface area contributed by atoms with Crippen LogP contribution in [-0.2, 0) is 0 Å². The minimum absolute atomic E-state index is 0.0588. The molecule has 2 N–H and O–H groups in total. The summed E-state index contributed by atoms with van der Waals surface area (Å²) in [5, 5.41) is 13.4. The van der Waals surface area contributed by atoms with E-state index in [4.69, 9.17) is 0 Å². The van der Waals surface area contributed by atoms with Gasteiger partial charge in [-0.15, -0.1) is 0 Å². The number of hydrogen-bond donors (Lipinski definition) is 2. The van der Waals surface area contributed by atoms with Crippen molar-refractivity contribution in [3.05, 3.63) is 28.7 Å². The lowest BCUT2D eigenvalue weighted by atomic mass is 9.81. The fraction of sp³-hybridized carbons (Fsp3) is 0.571. The first-order valence-electron chi connectivity index (χ1n) is 6.36. The van der Waals surface area contributed by atoms with Gasteiger partial charge in [-0.3, -0.25) is 0 Å². The zero-order chi connectivity index (χ0) is 11.9. The van der Waals surface area contributed by atoms with E-state index in [0.29, 0.717) is 5.92 Å². The molecule has 2 aliphatic carbocycles. The Kier molecular flexibility index (Phi) is 2.91. The summed E-state index contributed by atoms with van der Waals surface area (Å²) in [6, 6.07) is 8.24. The first-order valence-corrected chi connectivity index (χ1v) is 7.16. The molecule has 0 heterocycles. The summed E-state index contributed by atoms with van der Waals surface area (Å²) in [7, 11) is 0. The van der Waals surface area contributed by atoms with E-state index in [1.807, 2.05) is 12.1 Å². The van der Waals surface area contributed by atoms with Gasteiger partial charge in [0.15, 0.2) is 0 Å². The molecule has 3 atom stereocenters. The van der Waals surface area contributed by atoms with Gasteiger partial charge in [-0.25, -0.2) is 0 Å². The number of aliphatic hydroxyl groups is 1. The van der Waals surface area contributed by atoms with Crippen LogP contribution in [-0.4, -0.2) is 17.3 Å². The highest BCUT2D eigenvalue weighted by Gasteiger charge is 2.50. The average molecular weight is 296 g/mol. The fourth-order valence-corrected chi connectivity index (χ4v) is 3.92. The van der Waals surface area contributed by atoms with Crippen molar-refractivity contribution < 1.29 is 5.11 Å². The number of aliphatic hydroxyl groups excluding tert-OH is 1. The Morgan fingerprint density at radius 2 is 2.06 bits per heavy atom. The van der Waals surface area contributed by atoms with Gasteiger partial charge in [0, 0.05) is 10.2 Å². The topological polar surface area (TPSA) is 32.3 Å². The van der Waals surface area contributed by atoms with E-state index in [1.54, 1.807) is 0 Å². The van der Waals surface area contributed by atoms with Crippen LogP contribution in [0.2, 0.25) is 0 Å². The smallest absolute Gasteiger partial charge is 0.0664 e. The van der Waals surface area contributed by atoms with Crippen LogP contribution in [0.3, 0.4) is 0 Å². The molecule has 3 heteroatoms. The molecule has 0 aliphatic heterocycles. The van der Waals surface area contributed by atoms with Crippen molar-refractivity contribution in [2.75, 3.05) is 11.9 Å². The Morgan fingerprint density at radius 3 is 2.59 bits per heavy atom. The van der Waals surface area contributed by atoms with Crippen LogP contribution in [0.1, 0.15) is 25.7 Å². The Bertz CT molecular complexity index is 405. The van der Waals surface area contributed by atoms with E-state index in [1.165, 1.54) is 19.3 Å². The Labute approximate surface area is 111 Å². The highest BCUT2D eigenvalue weighted by molar-refractivity contribution is 9.10. The molecular formula is C14H18BrNO. The van der Waals surface area contributed by atoms with Gasteiger partial charge in [-0.1, -0.05) is 15.9 Å². The quantitative estimate of drug-likeness (QED) is 0.896. The molecule has 0 radical (unpaired) electrons. The summed E-state index contributed by atoms with van der Waals surface area (Å²) in [6.45, 7) is 0.254. The van der Waals surface area contributed by atoms with Crippen LogP contribution in [0.5, 0.6) is 0 Å². The summed E-state index contributed by atoms with van der Waals surface area (Å²) in [5.74, 6) is 1.48. The summed E-state index contributed by atoms with van der Waals surface area (Å²) in [4.78, 5) is 0. The van der Waals surface area contributed by atoms with Gasteiger partial charge in [0.2, 0.25) is 0 Å². The van der Waals surface area contributed by atoms with Gasteiger partial charge in [-0.05, 0) is 61.8 Å². The fourth-order valence-electron chi connectivity index (χ4n) is 3.65. The predicted molar refractivity (Wildman–Crippen MR) is 73.0 cm³/mol. The molecule has 17 heavy (non-hydrogen) atoms. The minimum atomic E-state index is -0.0588. The van der Waals surface area contributed by atoms with Crippen LogP contribution in [0.4, 0.5) is 5.69 Å². The second-order valence-corrected chi connectivity index (χ2v) is 6.44. The van der Waals surface area contributed by atoms with Crippen molar-refractivity contribution >= 4 is 21.6 Å². The van der Waals surface area contributed by atoms with Crippen molar-refractivity contribution in [3.8, 4) is 0 Å². The maximum absolute atomic E-state index is 9.78. The first kappa shape index (κ1) is 11.5. The zero-order valence-corrected chi connectivity index (χ0v) is 11.4. The molecule has 2 saturated carbocycles. The number of halogens is 1. The summed E-state index contributed by atoms with van der Waals surface area (Å²) in [5.41, 5.74) is 1.06. The van der Waals surface area contributed by atoms with Crippen LogP contribution in [0.15, 0.2) is 28.7 Å². The number of nitrogens with one attached hydrogen (secondary N) is 1. The SMILES string of the molecule is OCC1(Nc2ccc(Br)cc2)CC2CCC1C2. The third-order valence-corrected chi connectivity index (χ3v) is 5.02. The van der Waals surface area contributed by atoms with E-state index in [9.17, 15) is 5.11 Å². The standard InChI is InChI=1S/C14H18BrNO/c15-12-3-5-13(6-4-12)16-14(9-17)8-10-1-2-11(14)7-10/h3-6,10-11,16-17H,1-2,7-9H2. The molecule has 2 nitrogen and oxygen atoms in total. The van der Waals surface area contributed by atoms with Crippen molar-refractivity contribution in [1.29, 1.82) is 0 Å². The number of hydrogen-bond acceptors (Lipinski definition) is 2. The Morgan fingerprint density at radius 1 is 1.29 bits per heavy atom. The number of benzene rings is 1. The maximum atomic E-state index is 9.78. The molecule has 0 amide bonds. The van der Waals surface area contributed by atoms with Gasteiger partial charge in [-0.2, -0.15) is 0 Å². The van der Waals surface area contributed by atoms with Crippen LogP contribution in [0, 0.1) is 11.8 Å². The molecule has 2 fully saturated rings. The highest BCUT2D eigenvalue weighted by Crippen LogP contribution is 2.51. The third kappa shape index (κ3) is 2.00. The maximum Gasteiger partial charge on any atom is 0.0664 e. The molecule has 92 valence electrons. The average Bonchev–Trinajstić information content (AvgIpc) is 2.93. The van der Waals surface area contributed by atoms with Crippen LogP contribution < -0.4 is 5.32 Å². The van der Waals surface area contributed by atoms with Gasteiger partial charge >= 0.3 is 0 Å². The summed E-state index contributed by atoms with van der Waals surface area (Å²) in [6.07, 6.45) is 5.05. The predicted octanol–water partition coefficient (Wildman–Crippen LogP) is 3.41. The van der Waals surface area contributed by atoms with E-state index in [2.05, 4.69) is 33.4 Å². The molecule has 0 aromatic heterocycles. The van der Waals surface area contributed by atoms with Gasteiger partial charge in [0.1, 0.15) is 0 Å². The van der Waals surface area contributed by atoms with Crippen molar-refractivity contribution in [2.24, 2.45) is 11.8 Å². The van der Waals surface area contributed by atoms with Crippen LogP contribution >= 0.6 is 15.9 Å². The summed E-state index contributed by atoms with van der Waals surface area (Å²) < 4.78 is 1.09. The normalized spacial score (nSPS) is 35.2. The van der Waals surface area contributed by atoms with Gasteiger partial charge < -0.3 is 10.4 Å². The number of anilines is 1. The van der Waals surface area contributed by atoms with Gasteiger partial charge in [0.25, 0.3) is 0 Å². The summed E-state index contributed by atoms with van der Waals surface area (Å²) >= 11 is 3.44. The molecule has 2 bridgehead atoms. The lowest BCUT2D eigenvalue weighted by Gasteiger charge is -2.38. The third-order valence-electron chi connectivity index (χ3n) is 4.50. The molecule has 1 aromatic carbocycles. The van der Waals surface area contributed by atoms with Gasteiger partial charge in [0.05, 0.1) is 12.1 Å². The molecule has 3 rings (SSSR count). The lowest BCUT2D eigenvalue weighted by molar-refractivity contribution is 0.159. The van der Waals surface area contributed by atoms with Crippen molar-refractivity contribution in [3.63, 3.8) is 0 Å². The van der Waals surface area contributed by atoms with Crippen molar-refractivity contribution in [2.45, 2.75) is 31.2 Å². The molecule has 2 aliphatic rings. The largest absolute Gasteiger partial charge is 0.394 e. The number of rotatable bonds is 3. The minimum Gasteiger partial charge on any atom is -0.394 e. The Hall–Kier alpha value is -0.540. The van der Waals surface area contributed by atoms with E-state index < -0.39 is 0 Å². The van der Waals surface area contributed by atoms with E-state index in [0.717, 1.165) is 22.5 Å². The molecule has 0 saturated heterocycles. The van der Waals surface area contributed by atoms with Crippen LogP contribution in [0.25, 0.3) is 0 Å². The molecule has 1 aromatic rings. The monoisotopic (exact) mass is 295 g/mol. The van der Waals surface area contributed by atoms with E-state index in [-0.39, 0.29) is 12.1 Å².